The van der Waals surface area contributed by atoms with E-state index in [0.29, 0.717) is 19.3 Å². The molecule has 11 nitrogen and oxygen atoms in total. The molecular formula is C22H38N4O7. The van der Waals surface area contributed by atoms with Crippen molar-refractivity contribution in [2.75, 3.05) is 0 Å². The van der Waals surface area contributed by atoms with Crippen molar-refractivity contribution in [3.8, 4) is 6.07 Å². The van der Waals surface area contributed by atoms with Crippen molar-refractivity contribution in [2.45, 2.75) is 103 Å². The van der Waals surface area contributed by atoms with Gasteiger partial charge in [-0.1, -0.05) is 0 Å². The number of nitrogens with one attached hydrogen (secondary N) is 2. The van der Waals surface area contributed by atoms with Crippen LogP contribution in [0, 0.1) is 23.2 Å². The Morgan fingerprint density at radius 2 is 1.27 bits per heavy atom. The monoisotopic (exact) mass is 470 g/mol. The van der Waals surface area contributed by atoms with Gasteiger partial charge in [0.1, 0.15) is 11.2 Å². The first-order valence-corrected chi connectivity index (χ1v) is 11.0. The smallest absolute Gasteiger partial charge is 0.407 e. The molecule has 3 amide bonds. The zero-order valence-electron chi connectivity index (χ0n) is 20.3. The Hall–Kier alpha value is -2.58. The predicted molar refractivity (Wildman–Crippen MR) is 119 cm³/mol. The van der Waals surface area contributed by atoms with Crippen LogP contribution in [0.25, 0.3) is 0 Å². The van der Waals surface area contributed by atoms with Crippen LogP contribution in [-0.2, 0) is 14.3 Å². The van der Waals surface area contributed by atoms with Crippen LogP contribution in [0.5, 0.6) is 0 Å². The highest BCUT2D eigenvalue weighted by Gasteiger charge is 2.37. The summed E-state index contributed by atoms with van der Waals surface area (Å²) in [4.78, 5) is 33.9. The predicted octanol–water partition coefficient (Wildman–Crippen LogP) is 1.31. The zero-order chi connectivity index (χ0) is 25.6. The molecule has 6 atom stereocenters. The summed E-state index contributed by atoms with van der Waals surface area (Å²) in [6, 6.07) is 1.25. The van der Waals surface area contributed by atoms with Crippen LogP contribution in [0.2, 0.25) is 0 Å². The molecule has 0 radical (unpaired) electrons. The molecule has 2 aliphatic rings. The van der Waals surface area contributed by atoms with Gasteiger partial charge in [-0.15, -0.1) is 0 Å². The van der Waals surface area contributed by atoms with E-state index in [1.165, 1.54) is 0 Å². The van der Waals surface area contributed by atoms with Crippen molar-refractivity contribution < 1.29 is 34.1 Å². The highest BCUT2D eigenvalue weighted by atomic mass is 16.6. The number of carbonyl (C=O) groups excluding carboxylic acids is 3. The number of carbonyl (C=O) groups is 3. The lowest BCUT2D eigenvalue weighted by Crippen LogP contribution is -2.42. The van der Waals surface area contributed by atoms with Crippen LogP contribution in [0.3, 0.4) is 0 Å². The number of primary amides is 1. The largest absolute Gasteiger partial charge is 0.444 e. The van der Waals surface area contributed by atoms with Crippen molar-refractivity contribution in [3.05, 3.63) is 0 Å². The SMILES string of the molecule is CC(C)(C)OC(=O)N[C@@H]1C[C@@H](C#N)C[C@H]1O.CC(C)(C)OC(=O)N[C@@H]1C[C@@H](C(N)=O)C[C@H]1O. The molecule has 0 unspecified atom stereocenters. The van der Waals surface area contributed by atoms with Gasteiger partial charge >= 0.3 is 12.2 Å². The number of aliphatic hydroxyl groups excluding tert-OH is 2. The van der Waals surface area contributed by atoms with E-state index in [1.54, 1.807) is 41.5 Å². The van der Waals surface area contributed by atoms with Gasteiger partial charge in [-0.2, -0.15) is 5.26 Å². The topological polar surface area (TPSA) is 184 Å². The van der Waals surface area contributed by atoms with E-state index in [4.69, 9.17) is 20.5 Å². The minimum absolute atomic E-state index is 0.185. The second kappa shape index (κ2) is 11.5. The minimum Gasteiger partial charge on any atom is -0.444 e. The van der Waals surface area contributed by atoms with E-state index in [9.17, 15) is 24.6 Å². The summed E-state index contributed by atoms with van der Waals surface area (Å²) in [5.41, 5.74) is 4.02. The second-order valence-electron chi connectivity index (χ2n) is 10.5. The Morgan fingerprint density at radius 1 is 0.848 bits per heavy atom. The maximum absolute atomic E-state index is 11.5. The number of hydrogen-bond donors (Lipinski definition) is 5. The number of rotatable bonds is 3. The van der Waals surface area contributed by atoms with Gasteiger partial charge < -0.3 is 36.1 Å². The van der Waals surface area contributed by atoms with Crippen LogP contribution < -0.4 is 16.4 Å². The van der Waals surface area contributed by atoms with Gasteiger partial charge in [0.2, 0.25) is 5.91 Å². The number of nitrogens with two attached hydrogens (primary N) is 1. The standard InChI is InChI=1S/C11H20N2O4.C11H18N2O3/c1-11(2,3)17-10(16)13-7-4-6(9(12)15)5-8(7)14;1-11(2,3)16-10(15)13-8-4-7(6-12)5-9(8)14/h6-8,14H,4-5H2,1-3H3,(H2,12,15)(H,13,16);7-9,14H,4-5H2,1-3H3,(H,13,15)/t6-,7-,8-;7-,8-,9-/m11/s1. The number of ether oxygens (including phenoxy) is 2. The van der Waals surface area contributed by atoms with Crippen LogP contribution in [0.4, 0.5) is 9.59 Å². The zero-order valence-corrected chi connectivity index (χ0v) is 20.3. The van der Waals surface area contributed by atoms with E-state index in [1.807, 2.05) is 0 Å². The van der Waals surface area contributed by atoms with Gasteiger partial charge in [-0.05, 0) is 67.2 Å². The van der Waals surface area contributed by atoms with Crippen molar-refractivity contribution in [1.82, 2.24) is 10.6 Å². The molecule has 33 heavy (non-hydrogen) atoms. The fourth-order valence-corrected chi connectivity index (χ4v) is 3.60. The van der Waals surface area contributed by atoms with E-state index in [-0.39, 0.29) is 24.3 Å². The summed E-state index contributed by atoms with van der Waals surface area (Å²) in [6.07, 6.45) is -1.00. The number of amides is 3. The molecule has 0 heterocycles. The van der Waals surface area contributed by atoms with Gasteiger partial charge in [-0.3, -0.25) is 4.79 Å². The van der Waals surface area contributed by atoms with Crippen LogP contribution in [0.1, 0.15) is 67.2 Å². The summed E-state index contributed by atoms with van der Waals surface area (Å²) < 4.78 is 10.1. The Balaban J connectivity index is 0.000000331. The third-order valence-corrected chi connectivity index (χ3v) is 5.05. The highest BCUT2D eigenvalue weighted by molar-refractivity contribution is 5.77. The average molecular weight is 471 g/mol. The van der Waals surface area contributed by atoms with Crippen molar-refractivity contribution in [1.29, 1.82) is 5.26 Å². The molecule has 0 saturated heterocycles. The maximum atomic E-state index is 11.5. The summed E-state index contributed by atoms with van der Waals surface area (Å²) in [5, 5.41) is 33.1. The molecule has 2 aliphatic carbocycles. The molecule has 6 N–H and O–H groups in total. The fourth-order valence-electron chi connectivity index (χ4n) is 3.60. The minimum atomic E-state index is -0.750. The molecule has 188 valence electrons. The fraction of sp³-hybridized carbons (Fsp3) is 0.818. The number of nitriles is 1. The number of aliphatic hydroxyl groups is 2. The first kappa shape index (κ1) is 28.5. The first-order valence-electron chi connectivity index (χ1n) is 11.0. The van der Waals surface area contributed by atoms with Crippen molar-refractivity contribution in [2.24, 2.45) is 17.6 Å². The molecule has 0 aromatic rings. The summed E-state index contributed by atoms with van der Waals surface area (Å²) >= 11 is 0. The molecule has 2 saturated carbocycles. The lowest BCUT2D eigenvalue weighted by atomic mass is 10.1. The third-order valence-electron chi connectivity index (χ3n) is 5.05. The van der Waals surface area contributed by atoms with Crippen LogP contribution in [-0.4, -0.2) is 63.8 Å². The lowest BCUT2D eigenvalue weighted by Gasteiger charge is -2.22. The second-order valence-corrected chi connectivity index (χ2v) is 10.5. The van der Waals surface area contributed by atoms with E-state index in [2.05, 4.69) is 16.7 Å². The molecule has 0 aliphatic heterocycles. The molecule has 0 spiro atoms. The van der Waals surface area contributed by atoms with E-state index >= 15 is 0 Å². The molecule has 0 aromatic carbocycles. The van der Waals surface area contributed by atoms with Gasteiger partial charge in [0, 0.05) is 5.92 Å². The quantitative estimate of drug-likeness (QED) is 0.409. The average Bonchev–Trinajstić information content (AvgIpc) is 3.15. The van der Waals surface area contributed by atoms with Gasteiger partial charge in [0.25, 0.3) is 0 Å². The van der Waals surface area contributed by atoms with E-state index < -0.39 is 47.5 Å². The Bertz CT molecular complexity index is 738. The van der Waals surface area contributed by atoms with Gasteiger partial charge in [0.05, 0.1) is 36.3 Å². The Kier molecular flexibility index (Phi) is 9.93. The van der Waals surface area contributed by atoms with E-state index in [0.717, 1.165) is 0 Å². The highest BCUT2D eigenvalue weighted by Crippen LogP contribution is 2.26. The number of nitrogens with zero attached hydrogens (tertiary/aromatic N) is 1. The van der Waals surface area contributed by atoms with Gasteiger partial charge in [0.15, 0.2) is 0 Å². The molecular weight excluding hydrogens is 432 g/mol. The first-order chi connectivity index (χ1) is 15.0. The normalized spacial score (nSPS) is 29.2. The maximum Gasteiger partial charge on any atom is 0.407 e. The lowest BCUT2D eigenvalue weighted by molar-refractivity contribution is -0.121. The van der Waals surface area contributed by atoms with Crippen LogP contribution in [0.15, 0.2) is 0 Å². The van der Waals surface area contributed by atoms with Gasteiger partial charge in [-0.25, -0.2) is 9.59 Å². The summed E-state index contributed by atoms with van der Waals surface area (Å²) in [7, 11) is 0. The van der Waals surface area contributed by atoms with Crippen molar-refractivity contribution in [3.63, 3.8) is 0 Å². The molecule has 2 rings (SSSR count). The Labute approximate surface area is 195 Å². The Morgan fingerprint density at radius 3 is 1.61 bits per heavy atom. The molecule has 11 heteroatoms. The molecule has 2 fully saturated rings. The van der Waals surface area contributed by atoms with Crippen molar-refractivity contribution >= 4 is 18.1 Å². The summed E-state index contributed by atoms with van der Waals surface area (Å²) in [5.74, 6) is -1.02. The van der Waals surface area contributed by atoms with Crippen LogP contribution >= 0.6 is 0 Å². The molecule has 0 bridgehead atoms. The number of alkyl carbamates (subject to hydrolysis) is 2. The summed E-state index contributed by atoms with van der Waals surface area (Å²) in [6.45, 7) is 10.6. The number of hydrogen-bond acceptors (Lipinski definition) is 8. The molecule has 0 aromatic heterocycles. The third kappa shape index (κ3) is 10.7.